The van der Waals surface area contributed by atoms with Crippen LogP contribution >= 0.6 is 0 Å². The highest BCUT2D eigenvalue weighted by Gasteiger charge is 2.11. The van der Waals surface area contributed by atoms with Gasteiger partial charge in [-0.25, -0.2) is 4.79 Å². The van der Waals surface area contributed by atoms with Gasteiger partial charge in [-0.1, -0.05) is 51.9 Å². The molecule has 0 radical (unpaired) electrons. The fourth-order valence-corrected chi connectivity index (χ4v) is 2.16. The molecule has 0 bridgehead atoms. The molecule has 0 aromatic carbocycles. The van der Waals surface area contributed by atoms with Crippen LogP contribution in [0.15, 0.2) is 9.21 Å². The van der Waals surface area contributed by atoms with Crippen LogP contribution in [0.2, 0.25) is 0 Å². The maximum atomic E-state index is 11.1. The van der Waals surface area contributed by atoms with Gasteiger partial charge in [0.2, 0.25) is 0 Å². The molecule has 1 N–H and O–H groups in total. The molecule has 0 aliphatic carbocycles. The van der Waals surface area contributed by atoms with Gasteiger partial charge in [0.05, 0.1) is 0 Å². The third kappa shape index (κ3) is 4.59. The van der Waals surface area contributed by atoms with Gasteiger partial charge >= 0.3 is 11.7 Å². The summed E-state index contributed by atoms with van der Waals surface area (Å²) in [5.74, 6) is -0.701. The molecule has 1 heterocycles. The van der Waals surface area contributed by atoms with Gasteiger partial charge < -0.3 is 9.52 Å². The lowest BCUT2D eigenvalue weighted by molar-refractivity contribution is 0.314. The summed E-state index contributed by atoms with van der Waals surface area (Å²) in [7, 11) is 1.63. The molecule has 4 heteroatoms. The first kappa shape index (κ1) is 14.9. The molecule has 104 valence electrons. The Bertz CT molecular complexity index is 392. The van der Waals surface area contributed by atoms with Gasteiger partial charge in [0.15, 0.2) is 0 Å². The highest BCUT2D eigenvalue weighted by atomic mass is 16.5. The smallest absolute Gasteiger partial charge is 0.421 e. The molecule has 0 aliphatic heterocycles. The van der Waals surface area contributed by atoms with E-state index in [1.165, 1.54) is 43.1 Å². The highest BCUT2D eigenvalue weighted by molar-refractivity contribution is 5.13. The monoisotopic (exact) mass is 255 g/mol. The van der Waals surface area contributed by atoms with E-state index in [4.69, 9.17) is 0 Å². The van der Waals surface area contributed by atoms with Crippen molar-refractivity contribution >= 4 is 0 Å². The Labute approximate surface area is 109 Å². The van der Waals surface area contributed by atoms with Gasteiger partial charge in [-0.15, -0.1) is 0 Å². The second-order valence-corrected chi connectivity index (χ2v) is 4.90. The zero-order valence-corrected chi connectivity index (χ0v) is 11.6. The van der Waals surface area contributed by atoms with E-state index < -0.39 is 5.76 Å². The molecule has 0 aliphatic rings. The molecule has 0 saturated carbocycles. The van der Waals surface area contributed by atoms with Crippen molar-refractivity contribution in [2.45, 2.75) is 64.7 Å². The highest BCUT2D eigenvalue weighted by Crippen LogP contribution is 2.17. The Balaban J connectivity index is 2.13. The maximum absolute atomic E-state index is 11.1. The molecule has 0 fully saturated rings. The third-order valence-corrected chi connectivity index (χ3v) is 3.38. The summed E-state index contributed by atoms with van der Waals surface area (Å²) in [6.07, 6.45) is 10.7. The topological polar surface area (TPSA) is 55.4 Å². The fraction of sp³-hybridized carbons (Fsp3) is 0.786. The minimum Gasteiger partial charge on any atom is -0.479 e. The Morgan fingerprint density at radius 1 is 1.06 bits per heavy atom. The van der Waals surface area contributed by atoms with Crippen LogP contribution in [0.5, 0.6) is 5.95 Å². The third-order valence-electron chi connectivity index (χ3n) is 3.38. The van der Waals surface area contributed by atoms with Crippen molar-refractivity contribution in [1.29, 1.82) is 0 Å². The summed E-state index contributed by atoms with van der Waals surface area (Å²) < 4.78 is 6.02. The molecule has 18 heavy (non-hydrogen) atoms. The molecule has 0 unspecified atom stereocenters. The second-order valence-electron chi connectivity index (χ2n) is 4.90. The minimum atomic E-state index is -0.484. The first-order valence-electron chi connectivity index (χ1n) is 7.04. The number of rotatable bonds is 9. The number of hydrogen-bond acceptors (Lipinski definition) is 3. The van der Waals surface area contributed by atoms with Gasteiger partial charge in [0, 0.05) is 7.05 Å². The van der Waals surface area contributed by atoms with Gasteiger partial charge in [0.25, 0.3) is 0 Å². The molecule has 0 saturated heterocycles. The lowest BCUT2D eigenvalue weighted by Gasteiger charge is -2.02. The fourth-order valence-electron chi connectivity index (χ4n) is 2.16. The van der Waals surface area contributed by atoms with Gasteiger partial charge in [-0.05, 0) is 12.8 Å². The summed E-state index contributed by atoms with van der Waals surface area (Å²) >= 11 is 0. The number of nitrogens with zero attached hydrogens (tertiary/aromatic N) is 1. The average Bonchev–Trinajstić information content (AvgIpc) is 2.58. The van der Waals surface area contributed by atoms with E-state index in [9.17, 15) is 9.90 Å². The van der Waals surface area contributed by atoms with Crippen LogP contribution in [-0.4, -0.2) is 9.67 Å². The largest absolute Gasteiger partial charge is 0.479 e. The van der Waals surface area contributed by atoms with Crippen molar-refractivity contribution in [1.82, 2.24) is 4.57 Å². The molecule has 4 nitrogen and oxygen atoms in total. The predicted octanol–water partition coefficient (Wildman–Crippen LogP) is 3.37. The molecule has 0 spiro atoms. The second kappa shape index (κ2) is 8.01. The maximum Gasteiger partial charge on any atom is 0.421 e. The van der Waals surface area contributed by atoms with Crippen molar-refractivity contribution in [2.75, 3.05) is 0 Å². The van der Waals surface area contributed by atoms with E-state index in [-0.39, 0.29) is 5.95 Å². The molecule has 1 aromatic heterocycles. The molecule has 1 rings (SSSR count). The standard InChI is InChI=1S/C14H25NO3/c1-3-4-5-6-7-8-9-10-11-12-13(16)18-14(17)15(12)2/h16H,3-11H2,1-2H3. The first-order chi connectivity index (χ1) is 8.66. The zero-order chi connectivity index (χ0) is 13.4. The van der Waals surface area contributed by atoms with E-state index in [1.54, 1.807) is 7.05 Å². The number of aromatic hydroxyl groups is 1. The summed E-state index contributed by atoms with van der Waals surface area (Å²) in [4.78, 5) is 11.1. The summed E-state index contributed by atoms with van der Waals surface area (Å²) in [5, 5.41) is 9.42. The predicted molar refractivity (Wildman–Crippen MR) is 71.9 cm³/mol. The number of aromatic nitrogens is 1. The normalized spacial score (nSPS) is 11.0. The SMILES string of the molecule is CCCCCCCCCCc1c(O)oc(=O)n1C. The van der Waals surface area contributed by atoms with Crippen LogP contribution in [0.25, 0.3) is 0 Å². The van der Waals surface area contributed by atoms with Gasteiger partial charge in [0.1, 0.15) is 5.69 Å². The Kier molecular flexibility index (Phi) is 6.61. The molecule has 1 aromatic rings. The lowest BCUT2D eigenvalue weighted by Crippen LogP contribution is -2.11. The number of hydrogen-bond donors (Lipinski definition) is 1. The molecular formula is C14H25NO3. The van der Waals surface area contributed by atoms with Crippen molar-refractivity contribution in [2.24, 2.45) is 7.05 Å². The van der Waals surface area contributed by atoms with E-state index in [0.29, 0.717) is 12.1 Å². The number of oxazole rings is 1. The van der Waals surface area contributed by atoms with E-state index in [2.05, 4.69) is 11.3 Å². The van der Waals surface area contributed by atoms with Crippen molar-refractivity contribution in [3.63, 3.8) is 0 Å². The van der Waals surface area contributed by atoms with Crippen molar-refractivity contribution in [3.8, 4) is 5.95 Å². The first-order valence-corrected chi connectivity index (χ1v) is 7.04. The summed E-state index contributed by atoms with van der Waals surface area (Å²) in [6, 6.07) is 0. The lowest BCUT2D eigenvalue weighted by atomic mass is 10.1. The van der Waals surface area contributed by atoms with E-state index in [0.717, 1.165) is 12.8 Å². The van der Waals surface area contributed by atoms with Gasteiger partial charge in [-0.2, -0.15) is 0 Å². The Morgan fingerprint density at radius 2 is 1.61 bits per heavy atom. The van der Waals surface area contributed by atoms with Crippen LogP contribution in [0.3, 0.4) is 0 Å². The molecule has 0 amide bonds. The zero-order valence-electron chi connectivity index (χ0n) is 11.6. The summed E-state index contributed by atoms with van der Waals surface area (Å²) in [5.41, 5.74) is 0.617. The van der Waals surface area contributed by atoms with Crippen LogP contribution in [-0.2, 0) is 13.5 Å². The Morgan fingerprint density at radius 3 is 2.11 bits per heavy atom. The molecule has 0 atom stereocenters. The van der Waals surface area contributed by atoms with Gasteiger partial charge in [-0.3, -0.25) is 4.57 Å². The quantitative estimate of drug-likeness (QED) is 0.688. The van der Waals surface area contributed by atoms with E-state index in [1.807, 2.05) is 0 Å². The van der Waals surface area contributed by atoms with Crippen LogP contribution in [0, 0.1) is 0 Å². The van der Waals surface area contributed by atoms with Crippen molar-refractivity contribution in [3.05, 3.63) is 16.2 Å². The molecular weight excluding hydrogens is 230 g/mol. The Hall–Kier alpha value is -1.19. The average molecular weight is 255 g/mol. The van der Waals surface area contributed by atoms with Crippen molar-refractivity contribution < 1.29 is 9.52 Å². The van der Waals surface area contributed by atoms with Crippen LogP contribution in [0.4, 0.5) is 0 Å². The number of unbranched alkanes of at least 4 members (excludes halogenated alkanes) is 7. The summed E-state index contributed by atoms with van der Waals surface area (Å²) in [6.45, 7) is 2.22. The van der Waals surface area contributed by atoms with E-state index >= 15 is 0 Å². The minimum absolute atomic E-state index is 0.217. The van der Waals surface area contributed by atoms with Crippen LogP contribution in [0.1, 0.15) is 64.0 Å². The van der Waals surface area contributed by atoms with Crippen LogP contribution < -0.4 is 5.76 Å².